The van der Waals surface area contributed by atoms with E-state index in [-0.39, 0.29) is 17.5 Å². The summed E-state index contributed by atoms with van der Waals surface area (Å²) < 4.78 is 16.4. The summed E-state index contributed by atoms with van der Waals surface area (Å²) in [4.78, 5) is 15.9. The van der Waals surface area contributed by atoms with Gasteiger partial charge in [0.05, 0.1) is 18.4 Å². The average molecular weight is 426 g/mol. The Kier molecular flexibility index (Phi) is 6.09. The quantitative estimate of drug-likeness (QED) is 0.248. The normalized spacial score (nSPS) is 10.8. The summed E-state index contributed by atoms with van der Waals surface area (Å²) in [7, 11) is 0. The Labute approximate surface area is 183 Å². The molecule has 0 saturated carbocycles. The monoisotopic (exact) mass is 426 g/mol. The van der Waals surface area contributed by atoms with Crippen molar-refractivity contribution in [2.45, 2.75) is 6.92 Å². The number of anilines is 1. The van der Waals surface area contributed by atoms with Gasteiger partial charge in [-0.2, -0.15) is 15.3 Å². The van der Waals surface area contributed by atoms with Crippen LogP contribution in [0.1, 0.15) is 28.7 Å². The molecule has 0 bridgehead atoms. The lowest BCUT2D eigenvalue weighted by Crippen LogP contribution is -2.03. The van der Waals surface area contributed by atoms with E-state index in [1.807, 2.05) is 36.4 Å². The number of nitrogens with one attached hydrogen (secondary N) is 1. The fourth-order valence-corrected chi connectivity index (χ4v) is 2.89. The maximum atomic E-state index is 11.8. The van der Waals surface area contributed by atoms with Gasteiger partial charge in [-0.25, -0.2) is 10.2 Å². The number of hydrazone groups is 1. The largest absolute Gasteiger partial charge is 0.462 e. The molecule has 4 aromatic rings. The molecule has 0 aliphatic heterocycles. The van der Waals surface area contributed by atoms with Crippen LogP contribution in [-0.2, 0) is 4.74 Å². The molecule has 8 heteroatoms. The molecular weight excluding hydrogens is 408 g/mol. The number of carbonyl (C=O) groups excluding carboxylic acids is 1. The molecule has 0 fully saturated rings. The van der Waals surface area contributed by atoms with Gasteiger partial charge in [-0.05, 0) is 43.3 Å². The first kappa shape index (κ1) is 20.6. The number of nitriles is 1. The van der Waals surface area contributed by atoms with Crippen LogP contribution in [0.2, 0.25) is 0 Å². The summed E-state index contributed by atoms with van der Waals surface area (Å²) >= 11 is 0. The van der Waals surface area contributed by atoms with Crippen LogP contribution >= 0.6 is 0 Å². The number of hydrogen-bond donors (Lipinski definition) is 1. The number of hydrogen-bond acceptors (Lipinski definition) is 8. The fraction of sp³-hybridized carbons (Fsp3) is 0.0833. The molecule has 2 aromatic heterocycles. The second kappa shape index (κ2) is 9.45. The first-order valence-electron chi connectivity index (χ1n) is 9.80. The lowest BCUT2D eigenvalue weighted by Gasteiger charge is -2.02. The van der Waals surface area contributed by atoms with Gasteiger partial charge in [0.1, 0.15) is 17.6 Å². The molecule has 8 nitrogen and oxygen atoms in total. The zero-order valence-electron chi connectivity index (χ0n) is 17.1. The highest BCUT2D eigenvalue weighted by molar-refractivity contribution is 5.90. The molecule has 0 saturated heterocycles. The molecule has 0 amide bonds. The Morgan fingerprint density at radius 3 is 2.59 bits per heavy atom. The highest BCUT2D eigenvalue weighted by atomic mass is 16.5. The van der Waals surface area contributed by atoms with Crippen LogP contribution in [0.4, 0.5) is 5.88 Å². The zero-order chi connectivity index (χ0) is 22.3. The Bertz CT molecular complexity index is 1280. The highest BCUT2D eigenvalue weighted by Crippen LogP contribution is 2.25. The molecule has 158 valence electrons. The van der Waals surface area contributed by atoms with E-state index in [1.165, 1.54) is 6.21 Å². The standard InChI is InChI=1S/C24H18N4O4/c1-2-30-24(29)18-10-8-16(9-11-18)21-13-12-19(31-21)15-26-28-23-20(14-25)27-22(32-23)17-6-4-3-5-7-17/h3-13,15,28H,2H2,1H3/b26-15-. The maximum absolute atomic E-state index is 11.8. The van der Waals surface area contributed by atoms with Crippen LogP contribution in [0, 0.1) is 11.3 Å². The van der Waals surface area contributed by atoms with Crippen LogP contribution in [0.5, 0.6) is 0 Å². The third-order valence-electron chi connectivity index (χ3n) is 4.42. The van der Waals surface area contributed by atoms with E-state index >= 15 is 0 Å². The summed E-state index contributed by atoms with van der Waals surface area (Å²) in [5.41, 5.74) is 4.83. The second-order valence-electron chi connectivity index (χ2n) is 6.54. The van der Waals surface area contributed by atoms with E-state index in [1.54, 1.807) is 43.3 Å². The number of carbonyl (C=O) groups is 1. The Balaban J connectivity index is 1.44. The SMILES string of the molecule is CCOC(=O)c1ccc(-c2ccc(/C=N\Nc3oc(-c4ccccc4)nc3C#N)o2)cc1. The van der Waals surface area contributed by atoms with Crippen molar-refractivity contribution in [3.63, 3.8) is 0 Å². The summed E-state index contributed by atoms with van der Waals surface area (Å²) in [6, 6.07) is 21.7. The summed E-state index contributed by atoms with van der Waals surface area (Å²) in [5, 5.41) is 13.4. The van der Waals surface area contributed by atoms with Gasteiger partial charge < -0.3 is 13.6 Å². The molecule has 0 aliphatic rings. The van der Waals surface area contributed by atoms with Crippen molar-refractivity contribution in [1.29, 1.82) is 5.26 Å². The molecule has 2 aromatic carbocycles. The number of furan rings is 1. The molecule has 0 aliphatic carbocycles. The van der Waals surface area contributed by atoms with Crippen LogP contribution < -0.4 is 5.43 Å². The van der Waals surface area contributed by atoms with Crippen molar-refractivity contribution in [2.75, 3.05) is 12.0 Å². The predicted molar refractivity (Wildman–Crippen MR) is 118 cm³/mol. The third-order valence-corrected chi connectivity index (χ3v) is 4.42. The first-order valence-corrected chi connectivity index (χ1v) is 9.80. The van der Waals surface area contributed by atoms with Crippen molar-refractivity contribution < 1.29 is 18.4 Å². The minimum absolute atomic E-state index is 0.0998. The van der Waals surface area contributed by atoms with E-state index in [2.05, 4.69) is 15.5 Å². The number of ether oxygens (including phenoxy) is 1. The highest BCUT2D eigenvalue weighted by Gasteiger charge is 2.14. The molecular formula is C24H18N4O4. The minimum Gasteiger partial charge on any atom is -0.462 e. The average Bonchev–Trinajstić information content (AvgIpc) is 3.47. The third kappa shape index (κ3) is 4.57. The summed E-state index contributed by atoms with van der Waals surface area (Å²) in [6.45, 7) is 2.09. The number of oxazole rings is 1. The van der Waals surface area contributed by atoms with Crippen LogP contribution in [0.15, 0.2) is 80.7 Å². The molecule has 0 unspecified atom stereocenters. The molecule has 4 rings (SSSR count). The molecule has 0 radical (unpaired) electrons. The van der Waals surface area contributed by atoms with Gasteiger partial charge in [0, 0.05) is 11.1 Å². The Hall–Kier alpha value is -4.64. The number of benzene rings is 2. The van der Waals surface area contributed by atoms with E-state index in [4.69, 9.17) is 13.6 Å². The van der Waals surface area contributed by atoms with E-state index in [9.17, 15) is 10.1 Å². The number of rotatable bonds is 7. The summed E-state index contributed by atoms with van der Waals surface area (Å²) in [6.07, 6.45) is 1.46. The van der Waals surface area contributed by atoms with Crippen molar-refractivity contribution in [1.82, 2.24) is 4.98 Å². The van der Waals surface area contributed by atoms with E-state index < -0.39 is 0 Å². The molecule has 2 heterocycles. The lowest BCUT2D eigenvalue weighted by atomic mass is 10.1. The number of aromatic nitrogens is 1. The van der Waals surface area contributed by atoms with Gasteiger partial charge in [-0.1, -0.05) is 30.3 Å². The van der Waals surface area contributed by atoms with Crippen molar-refractivity contribution in [3.05, 3.63) is 83.7 Å². The van der Waals surface area contributed by atoms with Crippen molar-refractivity contribution in [2.24, 2.45) is 5.10 Å². The van der Waals surface area contributed by atoms with Gasteiger partial charge in [0.15, 0.2) is 0 Å². The van der Waals surface area contributed by atoms with E-state index in [0.717, 1.165) is 11.1 Å². The van der Waals surface area contributed by atoms with Gasteiger partial charge in [-0.3, -0.25) is 0 Å². The molecule has 1 N–H and O–H groups in total. The maximum Gasteiger partial charge on any atom is 0.338 e. The first-order chi connectivity index (χ1) is 15.7. The van der Waals surface area contributed by atoms with Gasteiger partial charge in [0.25, 0.3) is 5.88 Å². The predicted octanol–water partition coefficient (Wildman–Crippen LogP) is 5.10. The summed E-state index contributed by atoms with van der Waals surface area (Å²) in [5.74, 6) is 1.21. The van der Waals surface area contributed by atoms with E-state index in [0.29, 0.717) is 29.6 Å². The fourth-order valence-electron chi connectivity index (χ4n) is 2.89. The van der Waals surface area contributed by atoms with Crippen LogP contribution in [0.25, 0.3) is 22.8 Å². The Morgan fingerprint density at radius 1 is 1.09 bits per heavy atom. The topological polar surface area (TPSA) is 114 Å². The van der Waals surface area contributed by atoms with Gasteiger partial charge >= 0.3 is 5.97 Å². The smallest absolute Gasteiger partial charge is 0.338 e. The lowest BCUT2D eigenvalue weighted by molar-refractivity contribution is 0.0526. The van der Waals surface area contributed by atoms with Crippen LogP contribution in [-0.4, -0.2) is 23.8 Å². The molecule has 32 heavy (non-hydrogen) atoms. The second-order valence-corrected chi connectivity index (χ2v) is 6.54. The zero-order valence-corrected chi connectivity index (χ0v) is 17.1. The number of nitrogens with zero attached hydrogens (tertiary/aromatic N) is 3. The molecule has 0 spiro atoms. The Morgan fingerprint density at radius 2 is 1.88 bits per heavy atom. The van der Waals surface area contributed by atoms with Crippen molar-refractivity contribution in [3.8, 4) is 28.8 Å². The minimum atomic E-state index is -0.364. The van der Waals surface area contributed by atoms with Gasteiger partial charge in [0.2, 0.25) is 11.6 Å². The van der Waals surface area contributed by atoms with Crippen molar-refractivity contribution >= 4 is 18.1 Å². The molecule has 0 atom stereocenters. The van der Waals surface area contributed by atoms with Gasteiger partial charge in [-0.15, -0.1) is 0 Å². The van der Waals surface area contributed by atoms with Crippen LogP contribution in [0.3, 0.4) is 0 Å². The number of esters is 1.